The van der Waals surface area contributed by atoms with Crippen molar-refractivity contribution in [1.29, 1.82) is 0 Å². The first kappa shape index (κ1) is 19.3. The first-order chi connectivity index (χ1) is 13.2. The summed E-state index contributed by atoms with van der Waals surface area (Å²) in [6, 6.07) is 10.7. The van der Waals surface area contributed by atoms with Crippen LogP contribution in [-0.2, 0) is 13.0 Å². The molecule has 1 unspecified atom stereocenters. The lowest BCUT2D eigenvalue weighted by atomic mass is 10.1. The molecule has 2 aromatic rings. The highest BCUT2D eigenvalue weighted by molar-refractivity contribution is 5.74. The molecule has 4 nitrogen and oxygen atoms in total. The number of hydrogen-bond donors (Lipinski definition) is 0. The van der Waals surface area contributed by atoms with E-state index in [1.165, 1.54) is 12.1 Å². The maximum atomic E-state index is 13.1. The first-order valence-electron chi connectivity index (χ1n) is 9.83. The molecule has 0 N–H and O–H groups in total. The molecule has 0 radical (unpaired) electrons. The zero-order valence-corrected chi connectivity index (χ0v) is 16.0. The maximum absolute atomic E-state index is 13.1. The van der Waals surface area contributed by atoms with Gasteiger partial charge < -0.3 is 9.80 Å². The van der Waals surface area contributed by atoms with Gasteiger partial charge >= 0.3 is 6.03 Å². The van der Waals surface area contributed by atoms with Gasteiger partial charge in [-0.05, 0) is 60.6 Å². The summed E-state index contributed by atoms with van der Waals surface area (Å²) >= 11 is 0. The minimum absolute atomic E-state index is 0.127. The molecule has 1 saturated heterocycles. The summed E-state index contributed by atoms with van der Waals surface area (Å²) in [4.78, 5) is 21.1. The Morgan fingerprint density at radius 3 is 2.59 bits per heavy atom. The fraction of sp³-hybridized carbons (Fsp3) is 0.455. The van der Waals surface area contributed by atoms with Crippen LogP contribution in [0.5, 0.6) is 0 Å². The quantitative estimate of drug-likeness (QED) is 0.720. The molecule has 1 aliphatic heterocycles. The number of amides is 2. The molecule has 5 heteroatoms. The van der Waals surface area contributed by atoms with Crippen molar-refractivity contribution in [3.63, 3.8) is 0 Å². The van der Waals surface area contributed by atoms with Gasteiger partial charge in [0.2, 0.25) is 0 Å². The van der Waals surface area contributed by atoms with E-state index < -0.39 is 0 Å². The normalized spacial score (nSPS) is 16.5. The molecule has 0 saturated carbocycles. The summed E-state index contributed by atoms with van der Waals surface area (Å²) in [7, 11) is 0. The topological polar surface area (TPSA) is 36.4 Å². The van der Waals surface area contributed by atoms with Crippen LogP contribution in [0, 0.1) is 11.7 Å². The Hall–Kier alpha value is -2.43. The summed E-state index contributed by atoms with van der Waals surface area (Å²) in [6.45, 7) is 5.18. The van der Waals surface area contributed by atoms with Crippen LogP contribution in [0.15, 0.2) is 48.8 Å². The Labute approximate surface area is 161 Å². The molecule has 1 atom stereocenters. The third-order valence-electron chi connectivity index (χ3n) is 5.33. The maximum Gasteiger partial charge on any atom is 0.320 e. The van der Waals surface area contributed by atoms with Crippen LogP contribution in [0.25, 0.3) is 0 Å². The fourth-order valence-electron chi connectivity index (χ4n) is 3.62. The summed E-state index contributed by atoms with van der Waals surface area (Å²) in [6.07, 6.45) is 7.43. The van der Waals surface area contributed by atoms with Gasteiger partial charge in [-0.1, -0.05) is 25.5 Å². The van der Waals surface area contributed by atoms with Crippen molar-refractivity contribution in [2.75, 3.05) is 19.6 Å². The number of halogens is 1. The molecule has 1 aliphatic rings. The molecule has 1 aromatic carbocycles. The van der Waals surface area contributed by atoms with Crippen molar-refractivity contribution in [3.8, 4) is 0 Å². The first-order valence-corrected chi connectivity index (χ1v) is 9.83. The van der Waals surface area contributed by atoms with Gasteiger partial charge in [0, 0.05) is 38.6 Å². The van der Waals surface area contributed by atoms with E-state index >= 15 is 0 Å². The van der Waals surface area contributed by atoms with Crippen LogP contribution in [0.4, 0.5) is 9.18 Å². The largest absolute Gasteiger partial charge is 0.324 e. The molecule has 1 aromatic heterocycles. The Morgan fingerprint density at radius 1 is 1.19 bits per heavy atom. The summed E-state index contributed by atoms with van der Waals surface area (Å²) in [5.74, 6) is 0.406. The van der Waals surface area contributed by atoms with Crippen LogP contribution in [0.1, 0.15) is 37.3 Å². The van der Waals surface area contributed by atoms with Crippen molar-refractivity contribution >= 4 is 6.03 Å². The zero-order valence-electron chi connectivity index (χ0n) is 16.0. The second-order valence-electron chi connectivity index (χ2n) is 7.30. The van der Waals surface area contributed by atoms with E-state index in [1.54, 1.807) is 12.4 Å². The molecular weight excluding hydrogens is 341 g/mol. The minimum atomic E-state index is -0.215. The SMILES string of the molecule is CCC1CCN(C(=O)N(CCCc2ccc(F)cc2)Cc2ccncc2)C1. The number of carbonyl (C=O) groups excluding carboxylic acids is 1. The minimum Gasteiger partial charge on any atom is -0.324 e. The van der Waals surface area contributed by atoms with Gasteiger partial charge in [-0.2, -0.15) is 0 Å². The number of aryl methyl sites for hydroxylation is 1. The van der Waals surface area contributed by atoms with E-state index in [0.717, 1.165) is 49.9 Å². The van der Waals surface area contributed by atoms with E-state index in [4.69, 9.17) is 0 Å². The number of likely N-dealkylation sites (tertiary alicyclic amines) is 1. The van der Waals surface area contributed by atoms with Crippen molar-refractivity contribution in [1.82, 2.24) is 14.8 Å². The number of benzene rings is 1. The molecule has 3 rings (SSSR count). The van der Waals surface area contributed by atoms with Crippen molar-refractivity contribution in [3.05, 3.63) is 65.7 Å². The average molecular weight is 369 g/mol. The van der Waals surface area contributed by atoms with Crippen molar-refractivity contribution in [2.24, 2.45) is 5.92 Å². The predicted molar refractivity (Wildman–Crippen MR) is 105 cm³/mol. The Kier molecular flexibility index (Phi) is 6.80. The van der Waals surface area contributed by atoms with E-state index in [-0.39, 0.29) is 11.8 Å². The lowest BCUT2D eigenvalue weighted by molar-refractivity contribution is 0.157. The van der Waals surface area contributed by atoms with Gasteiger partial charge in [0.15, 0.2) is 0 Å². The van der Waals surface area contributed by atoms with Gasteiger partial charge in [0.25, 0.3) is 0 Å². The number of nitrogens with zero attached hydrogens (tertiary/aromatic N) is 3. The molecule has 0 spiro atoms. The van der Waals surface area contributed by atoms with Gasteiger partial charge in [-0.3, -0.25) is 4.98 Å². The average Bonchev–Trinajstić information content (AvgIpc) is 3.18. The molecular formula is C22H28FN3O. The smallest absolute Gasteiger partial charge is 0.320 e. The molecule has 2 heterocycles. The van der Waals surface area contributed by atoms with Crippen LogP contribution in [-0.4, -0.2) is 40.4 Å². The van der Waals surface area contributed by atoms with Gasteiger partial charge in [-0.25, -0.2) is 9.18 Å². The lowest BCUT2D eigenvalue weighted by Gasteiger charge is -2.28. The van der Waals surface area contributed by atoms with Crippen LogP contribution in [0.2, 0.25) is 0 Å². The third-order valence-corrected chi connectivity index (χ3v) is 5.33. The number of rotatable bonds is 7. The lowest BCUT2D eigenvalue weighted by Crippen LogP contribution is -2.42. The number of pyridine rings is 1. The molecule has 0 aliphatic carbocycles. The molecule has 2 amide bonds. The number of urea groups is 1. The van der Waals surface area contributed by atoms with E-state index in [1.807, 2.05) is 34.1 Å². The number of carbonyl (C=O) groups is 1. The summed E-state index contributed by atoms with van der Waals surface area (Å²) < 4.78 is 13.1. The third kappa shape index (κ3) is 5.52. The van der Waals surface area contributed by atoms with E-state index in [2.05, 4.69) is 11.9 Å². The Bertz CT molecular complexity index is 720. The Morgan fingerprint density at radius 2 is 1.93 bits per heavy atom. The zero-order chi connectivity index (χ0) is 19.1. The summed E-state index contributed by atoms with van der Waals surface area (Å²) in [5, 5.41) is 0. The monoisotopic (exact) mass is 369 g/mol. The fourth-order valence-corrected chi connectivity index (χ4v) is 3.62. The summed E-state index contributed by atoms with van der Waals surface area (Å²) in [5.41, 5.74) is 2.19. The van der Waals surface area contributed by atoms with Crippen molar-refractivity contribution in [2.45, 2.75) is 39.2 Å². The van der Waals surface area contributed by atoms with Gasteiger partial charge in [-0.15, -0.1) is 0 Å². The number of hydrogen-bond acceptors (Lipinski definition) is 2. The highest BCUT2D eigenvalue weighted by Gasteiger charge is 2.28. The molecule has 144 valence electrons. The molecule has 27 heavy (non-hydrogen) atoms. The Balaban J connectivity index is 1.62. The second-order valence-corrected chi connectivity index (χ2v) is 7.30. The van der Waals surface area contributed by atoms with Gasteiger partial charge in [0.1, 0.15) is 5.82 Å². The molecule has 1 fully saturated rings. The van der Waals surface area contributed by atoms with Crippen molar-refractivity contribution < 1.29 is 9.18 Å². The van der Waals surface area contributed by atoms with Crippen LogP contribution >= 0.6 is 0 Å². The van der Waals surface area contributed by atoms with Crippen LogP contribution in [0.3, 0.4) is 0 Å². The van der Waals surface area contributed by atoms with E-state index in [0.29, 0.717) is 19.0 Å². The molecule has 0 bridgehead atoms. The highest BCUT2D eigenvalue weighted by atomic mass is 19.1. The predicted octanol–water partition coefficient (Wildman–Crippen LogP) is 4.51. The second kappa shape index (κ2) is 9.49. The number of aromatic nitrogens is 1. The highest BCUT2D eigenvalue weighted by Crippen LogP contribution is 2.21. The standard InChI is InChI=1S/C22H28FN3O/c1-2-18-11-15-26(16-18)22(27)25(17-20-9-12-24-13-10-20)14-3-4-19-5-7-21(23)8-6-19/h5-10,12-13,18H,2-4,11,14-17H2,1H3. The van der Waals surface area contributed by atoms with Gasteiger partial charge in [0.05, 0.1) is 0 Å². The van der Waals surface area contributed by atoms with Crippen LogP contribution < -0.4 is 0 Å². The van der Waals surface area contributed by atoms with E-state index in [9.17, 15) is 9.18 Å².